The summed E-state index contributed by atoms with van der Waals surface area (Å²) in [6.07, 6.45) is 1.81. The lowest BCUT2D eigenvalue weighted by molar-refractivity contribution is -0.140. The predicted octanol–water partition coefficient (Wildman–Crippen LogP) is 0.235. The van der Waals surface area contributed by atoms with Gasteiger partial charge in [-0.25, -0.2) is 4.72 Å². The molecule has 6 nitrogen and oxygen atoms in total. The Kier molecular flexibility index (Phi) is 9.08. The first-order valence-electron chi connectivity index (χ1n) is 5.40. The van der Waals surface area contributed by atoms with Crippen molar-refractivity contribution in [2.45, 2.75) is 6.42 Å². The van der Waals surface area contributed by atoms with Gasteiger partial charge in [0.05, 0.1) is 13.5 Å². The van der Waals surface area contributed by atoms with Gasteiger partial charge in [-0.05, 0) is 0 Å². The smallest absolute Gasteiger partial charge is 0.306 e. The van der Waals surface area contributed by atoms with Crippen molar-refractivity contribution >= 4 is 27.9 Å². The van der Waals surface area contributed by atoms with E-state index in [1.165, 1.54) is 14.2 Å². The Morgan fingerprint density at radius 1 is 1.56 bits per heavy atom. The van der Waals surface area contributed by atoms with Crippen LogP contribution in [0.5, 0.6) is 0 Å². The highest BCUT2D eigenvalue weighted by Gasteiger charge is 2.17. The van der Waals surface area contributed by atoms with Crippen LogP contribution in [0.1, 0.15) is 6.42 Å². The lowest BCUT2D eigenvalue weighted by atomic mass is 10.4. The van der Waals surface area contributed by atoms with Crippen LogP contribution in [0, 0.1) is 0 Å². The standard InChI is InChI=1S/C10H20N2O4S2/c1-4-8-17-9-6-11-18(14,15)12(2)7-5-10(13)16-3/h4,11H,1,5-9H2,2-3H3. The van der Waals surface area contributed by atoms with Gasteiger partial charge in [0.2, 0.25) is 0 Å². The molecule has 0 fully saturated rings. The Bertz CT molecular complexity index is 357. The quantitative estimate of drug-likeness (QED) is 0.355. The number of hydrogen-bond acceptors (Lipinski definition) is 5. The lowest BCUT2D eigenvalue weighted by Crippen LogP contribution is -2.40. The van der Waals surface area contributed by atoms with Gasteiger partial charge in [-0.15, -0.1) is 6.58 Å². The van der Waals surface area contributed by atoms with Crippen LogP contribution in [0.3, 0.4) is 0 Å². The second kappa shape index (κ2) is 9.37. The molecule has 0 saturated heterocycles. The molecule has 0 aliphatic carbocycles. The molecule has 18 heavy (non-hydrogen) atoms. The van der Waals surface area contributed by atoms with E-state index >= 15 is 0 Å². The molecule has 0 aromatic carbocycles. The molecule has 0 aliphatic rings. The van der Waals surface area contributed by atoms with Gasteiger partial charge in [0.1, 0.15) is 0 Å². The van der Waals surface area contributed by atoms with Crippen molar-refractivity contribution in [1.29, 1.82) is 0 Å². The van der Waals surface area contributed by atoms with Gasteiger partial charge in [0.25, 0.3) is 10.2 Å². The molecule has 0 rings (SSSR count). The van der Waals surface area contributed by atoms with Crippen LogP contribution >= 0.6 is 11.8 Å². The molecule has 0 atom stereocenters. The Labute approximate surface area is 113 Å². The molecule has 106 valence electrons. The van der Waals surface area contributed by atoms with Gasteiger partial charge in [-0.2, -0.15) is 24.5 Å². The van der Waals surface area contributed by atoms with E-state index in [9.17, 15) is 13.2 Å². The van der Waals surface area contributed by atoms with E-state index in [2.05, 4.69) is 16.0 Å². The zero-order chi connectivity index (χ0) is 14.0. The summed E-state index contributed by atoms with van der Waals surface area (Å²) >= 11 is 1.59. The summed E-state index contributed by atoms with van der Waals surface area (Å²) in [6.45, 7) is 4.02. The molecule has 0 unspecified atom stereocenters. The van der Waals surface area contributed by atoms with Gasteiger partial charge < -0.3 is 4.74 Å². The Morgan fingerprint density at radius 2 is 2.22 bits per heavy atom. The van der Waals surface area contributed by atoms with Crippen molar-refractivity contribution in [1.82, 2.24) is 9.03 Å². The van der Waals surface area contributed by atoms with Gasteiger partial charge in [0.15, 0.2) is 0 Å². The molecule has 0 aromatic rings. The molecule has 8 heteroatoms. The van der Waals surface area contributed by atoms with Crippen molar-refractivity contribution in [3.05, 3.63) is 12.7 Å². The van der Waals surface area contributed by atoms with Crippen LogP contribution in [-0.4, -0.2) is 57.4 Å². The summed E-state index contributed by atoms with van der Waals surface area (Å²) < 4.78 is 31.4. The molecule has 0 saturated carbocycles. The maximum Gasteiger partial charge on any atom is 0.306 e. The van der Waals surface area contributed by atoms with Crippen LogP contribution < -0.4 is 4.72 Å². The Morgan fingerprint density at radius 3 is 2.78 bits per heavy atom. The van der Waals surface area contributed by atoms with Crippen LogP contribution in [0.4, 0.5) is 0 Å². The third kappa shape index (κ3) is 7.70. The van der Waals surface area contributed by atoms with Gasteiger partial charge in [-0.1, -0.05) is 6.08 Å². The van der Waals surface area contributed by atoms with Crippen LogP contribution in [0.15, 0.2) is 12.7 Å². The van der Waals surface area contributed by atoms with Gasteiger partial charge in [0, 0.05) is 31.6 Å². The fraction of sp³-hybridized carbons (Fsp3) is 0.700. The number of rotatable bonds is 10. The summed E-state index contributed by atoms with van der Waals surface area (Å²) in [5.41, 5.74) is 0. The molecule has 0 radical (unpaired) electrons. The number of nitrogens with zero attached hydrogens (tertiary/aromatic N) is 1. The van der Waals surface area contributed by atoms with Crippen LogP contribution in [0.25, 0.3) is 0 Å². The number of hydrogen-bond donors (Lipinski definition) is 1. The normalized spacial score (nSPS) is 11.5. The molecule has 0 heterocycles. The molecule has 1 N–H and O–H groups in total. The first-order chi connectivity index (χ1) is 8.44. The van der Waals surface area contributed by atoms with Crippen molar-refractivity contribution in [2.75, 3.05) is 38.8 Å². The summed E-state index contributed by atoms with van der Waals surface area (Å²) in [6, 6.07) is 0. The second-order valence-electron chi connectivity index (χ2n) is 3.41. The number of ether oxygens (including phenoxy) is 1. The molecule has 0 bridgehead atoms. The van der Waals surface area contributed by atoms with Crippen molar-refractivity contribution in [2.24, 2.45) is 0 Å². The summed E-state index contributed by atoms with van der Waals surface area (Å²) in [7, 11) is -0.826. The molecular formula is C10H20N2O4S2. The number of esters is 1. The Hall–Kier alpha value is -0.570. The first-order valence-corrected chi connectivity index (χ1v) is 8.00. The fourth-order valence-corrected chi connectivity index (χ4v) is 2.61. The van der Waals surface area contributed by atoms with Crippen molar-refractivity contribution in [3.63, 3.8) is 0 Å². The maximum atomic E-state index is 11.7. The summed E-state index contributed by atoms with van der Waals surface area (Å²) in [5.74, 6) is 1.04. The van der Waals surface area contributed by atoms with E-state index < -0.39 is 16.2 Å². The summed E-state index contributed by atoms with van der Waals surface area (Å²) in [5, 5.41) is 0. The average molecular weight is 296 g/mol. The van der Waals surface area contributed by atoms with Gasteiger partial charge in [-0.3, -0.25) is 4.79 Å². The van der Waals surface area contributed by atoms with E-state index in [0.29, 0.717) is 12.3 Å². The number of methoxy groups -OCH3 is 1. The molecule has 0 aliphatic heterocycles. The number of nitrogens with one attached hydrogen (secondary N) is 1. The molecule has 0 aromatic heterocycles. The highest BCUT2D eigenvalue weighted by atomic mass is 32.2. The first kappa shape index (κ1) is 17.4. The largest absolute Gasteiger partial charge is 0.469 e. The monoisotopic (exact) mass is 296 g/mol. The second-order valence-corrected chi connectivity index (χ2v) is 6.42. The highest BCUT2D eigenvalue weighted by molar-refractivity contribution is 7.99. The van der Waals surface area contributed by atoms with Crippen molar-refractivity contribution < 1.29 is 17.9 Å². The molecular weight excluding hydrogens is 276 g/mol. The molecule has 0 amide bonds. The van der Waals surface area contributed by atoms with Gasteiger partial charge >= 0.3 is 5.97 Å². The number of thioether (sulfide) groups is 1. The average Bonchev–Trinajstić information content (AvgIpc) is 2.34. The third-order valence-electron chi connectivity index (χ3n) is 2.04. The fourth-order valence-electron chi connectivity index (χ4n) is 0.991. The Balaban J connectivity index is 3.96. The topological polar surface area (TPSA) is 75.7 Å². The van der Waals surface area contributed by atoms with E-state index in [4.69, 9.17) is 0 Å². The minimum absolute atomic E-state index is 0.0408. The van der Waals surface area contributed by atoms with E-state index in [-0.39, 0.29) is 13.0 Å². The minimum Gasteiger partial charge on any atom is -0.469 e. The predicted molar refractivity (Wildman–Crippen MR) is 73.7 cm³/mol. The van der Waals surface area contributed by atoms with E-state index in [0.717, 1.165) is 10.1 Å². The third-order valence-corrected chi connectivity index (χ3v) is 4.57. The zero-order valence-electron chi connectivity index (χ0n) is 10.7. The number of carbonyl (C=O) groups excluding carboxylic acids is 1. The highest BCUT2D eigenvalue weighted by Crippen LogP contribution is 2.00. The minimum atomic E-state index is -3.51. The number of carbonyl (C=O) groups is 1. The lowest BCUT2D eigenvalue weighted by Gasteiger charge is -2.16. The summed E-state index contributed by atoms with van der Waals surface area (Å²) in [4.78, 5) is 10.9. The van der Waals surface area contributed by atoms with Crippen LogP contribution in [-0.2, 0) is 19.7 Å². The van der Waals surface area contributed by atoms with E-state index in [1.807, 2.05) is 0 Å². The van der Waals surface area contributed by atoms with E-state index in [1.54, 1.807) is 17.8 Å². The SMILES string of the molecule is C=CCSCCNS(=O)(=O)N(C)CCC(=O)OC. The maximum absolute atomic E-state index is 11.7. The molecule has 0 spiro atoms. The zero-order valence-corrected chi connectivity index (χ0v) is 12.3. The van der Waals surface area contributed by atoms with Crippen molar-refractivity contribution in [3.8, 4) is 0 Å². The van der Waals surface area contributed by atoms with Crippen LogP contribution in [0.2, 0.25) is 0 Å².